The van der Waals surface area contributed by atoms with Crippen LogP contribution in [0.5, 0.6) is 0 Å². The average molecular weight is 673 g/mol. The quantitative estimate of drug-likeness (QED) is 0.165. The van der Waals surface area contributed by atoms with E-state index in [0.717, 1.165) is 6.42 Å². The Morgan fingerprint density at radius 1 is 0.226 bits per heavy atom. The Labute approximate surface area is 310 Å². The molecule has 0 amide bonds. The summed E-state index contributed by atoms with van der Waals surface area (Å²) >= 11 is 0. The Morgan fingerprint density at radius 3 is 0.755 bits per heavy atom. The number of fused-ring (bicyclic) bond motifs is 4. The molecule has 0 aliphatic heterocycles. The second-order valence-corrected chi connectivity index (χ2v) is 14.1. The molecule has 0 aliphatic rings. The molecule has 10 aromatic carbocycles. The van der Waals surface area contributed by atoms with Gasteiger partial charge in [0.05, 0.1) is 0 Å². The Morgan fingerprint density at radius 2 is 0.472 bits per heavy atom. The second-order valence-electron chi connectivity index (χ2n) is 14.1. The molecule has 0 aliphatic carbocycles. The fourth-order valence-corrected chi connectivity index (χ4v) is 8.35. The molecule has 0 radical (unpaired) electrons. The molecule has 10 aromatic rings. The summed E-state index contributed by atoms with van der Waals surface area (Å²) in [4.78, 5) is 0. The predicted molar refractivity (Wildman–Crippen MR) is 227 cm³/mol. The lowest BCUT2D eigenvalue weighted by Gasteiger charge is -2.16. The van der Waals surface area contributed by atoms with Crippen LogP contribution in [-0.4, -0.2) is 0 Å². The minimum absolute atomic E-state index is 0.798. The van der Waals surface area contributed by atoms with Gasteiger partial charge in [-0.25, -0.2) is 0 Å². The molecule has 0 nitrogen and oxygen atoms in total. The molecule has 0 saturated carbocycles. The highest BCUT2D eigenvalue weighted by atomic mass is 14.2. The van der Waals surface area contributed by atoms with Gasteiger partial charge in [-0.3, -0.25) is 0 Å². The van der Waals surface area contributed by atoms with E-state index in [9.17, 15) is 0 Å². The zero-order valence-electron chi connectivity index (χ0n) is 29.3. The van der Waals surface area contributed by atoms with Crippen LogP contribution in [0.2, 0.25) is 0 Å². The summed E-state index contributed by atoms with van der Waals surface area (Å²) in [6.07, 6.45) is 0.798. The molecule has 0 spiro atoms. The minimum Gasteiger partial charge on any atom is -0.0616 e. The zero-order valence-corrected chi connectivity index (χ0v) is 29.3. The number of rotatable bonds is 6. The van der Waals surface area contributed by atoms with E-state index >= 15 is 0 Å². The highest BCUT2D eigenvalue weighted by Gasteiger charge is 2.14. The molecule has 0 fully saturated rings. The smallest absolute Gasteiger partial charge is 0.00249 e. The Kier molecular flexibility index (Phi) is 7.66. The van der Waals surface area contributed by atoms with Gasteiger partial charge in [0.15, 0.2) is 0 Å². The highest BCUT2D eigenvalue weighted by Crippen LogP contribution is 2.39. The molecule has 248 valence electrons. The van der Waals surface area contributed by atoms with Crippen LogP contribution in [0.25, 0.3) is 87.6 Å². The van der Waals surface area contributed by atoms with Gasteiger partial charge in [-0.1, -0.05) is 194 Å². The van der Waals surface area contributed by atoms with Gasteiger partial charge in [-0.2, -0.15) is 0 Å². The standard InChI is InChI=1S/C53H36/c1-5-21-46-38(13-1)17-9-25-50(46)42-30-36(31-43(34-42)51-26-10-18-39-14-2-6-22-47(39)51)29-37-32-44(52-27-11-19-40-15-3-7-23-48(40)52)35-45(33-37)53-28-12-20-41-16-4-8-24-49(41)53/h1-28,30-35H,29H2. The molecule has 0 saturated heterocycles. The van der Waals surface area contributed by atoms with Crippen molar-refractivity contribution in [3.8, 4) is 44.5 Å². The Bertz CT molecular complexity index is 2560. The van der Waals surface area contributed by atoms with E-state index in [4.69, 9.17) is 0 Å². The highest BCUT2D eigenvalue weighted by molar-refractivity contribution is 6.02. The monoisotopic (exact) mass is 672 g/mol. The largest absolute Gasteiger partial charge is 0.0616 e. The van der Waals surface area contributed by atoms with E-state index in [2.05, 4.69) is 206 Å². The third-order valence-electron chi connectivity index (χ3n) is 10.8. The molecule has 0 heteroatoms. The summed E-state index contributed by atoms with van der Waals surface area (Å²) in [7, 11) is 0. The van der Waals surface area contributed by atoms with E-state index < -0.39 is 0 Å². The van der Waals surface area contributed by atoms with Crippen LogP contribution in [0, 0.1) is 0 Å². The van der Waals surface area contributed by atoms with Gasteiger partial charge in [0.1, 0.15) is 0 Å². The summed E-state index contributed by atoms with van der Waals surface area (Å²) in [6, 6.07) is 76.0. The van der Waals surface area contributed by atoms with Gasteiger partial charge in [0.2, 0.25) is 0 Å². The van der Waals surface area contributed by atoms with Crippen molar-refractivity contribution in [1.29, 1.82) is 0 Å². The maximum absolute atomic E-state index is 2.42. The van der Waals surface area contributed by atoms with E-state index in [-0.39, 0.29) is 0 Å². The van der Waals surface area contributed by atoms with Crippen molar-refractivity contribution < 1.29 is 0 Å². The topological polar surface area (TPSA) is 0 Å². The van der Waals surface area contributed by atoms with Gasteiger partial charge in [-0.15, -0.1) is 0 Å². The van der Waals surface area contributed by atoms with Gasteiger partial charge in [-0.05, 0) is 117 Å². The van der Waals surface area contributed by atoms with Gasteiger partial charge < -0.3 is 0 Å². The molecule has 53 heavy (non-hydrogen) atoms. The predicted octanol–water partition coefficient (Wildman–Crippen LogP) is 14.6. The Balaban J connectivity index is 1.19. The fourth-order valence-electron chi connectivity index (χ4n) is 8.35. The number of benzene rings is 10. The molecule has 0 atom stereocenters. The Hall–Kier alpha value is -6.76. The zero-order chi connectivity index (χ0) is 35.1. The molecule has 10 rings (SSSR count). The molecule has 0 heterocycles. The van der Waals surface area contributed by atoms with E-state index in [0.29, 0.717) is 0 Å². The van der Waals surface area contributed by atoms with Crippen LogP contribution in [0.15, 0.2) is 206 Å². The first-order chi connectivity index (χ1) is 26.2. The van der Waals surface area contributed by atoms with Crippen LogP contribution in [-0.2, 0) is 6.42 Å². The summed E-state index contributed by atoms with van der Waals surface area (Å²) < 4.78 is 0. The maximum atomic E-state index is 2.42. The third kappa shape index (κ3) is 5.75. The maximum Gasteiger partial charge on any atom is -0.00249 e. The summed E-state index contributed by atoms with van der Waals surface area (Å²) in [5, 5.41) is 10.1. The molecule has 0 N–H and O–H groups in total. The van der Waals surface area contributed by atoms with Crippen molar-refractivity contribution in [2.75, 3.05) is 0 Å². The van der Waals surface area contributed by atoms with Crippen molar-refractivity contribution in [3.63, 3.8) is 0 Å². The number of hydrogen-bond acceptors (Lipinski definition) is 0. The number of hydrogen-bond donors (Lipinski definition) is 0. The summed E-state index contributed by atoms with van der Waals surface area (Å²) in [5.41, 5.74) is 12.6. The van der Waals surface area contributed by atoms with Crippen LogP contribution >= 0.6 is 0 Å². The van der Waals surface area contributed by atoms with E-state index in [1.165, 1.54) is 98.7 Å². The van der Waals surface area contributed by atoms with E-state index in [1.54, 1.807) is 0 Å². The first kappa shape index (κ1) is 31.0. The minimum atomic E-state index is 0.798. The molecule has 0 bridgehead atoms. The molecule has 0 unspecified atom stereocenters. The van der Waals surface area contributed by atoms with Crippen molar-refractivity contribution in [1.82, 2.24) is 0 Å². The van der Waals surface area contributed by atoms with Crippen molar-refractivity contribution in [3.05, 3.63) is 217 Å². The van der Waals surface area contributed by atoms with Crippen molar-refractivity contribution in [2.24, 2.45) is 0 Å². The molecule has 0 aromatic heterocycles. The lowest BCUT2D eigenvalue weighted by atomic mass is 9.88. The van der Waals surface area contributed by atoms with Crippen molar-refractivity contribution >= 4 is 43.1 Å². The van der Waals surface area contributed by atoms with Gasteiger partial charge >= 0.3 is 0 Å². The van der Waals surface area contributed by atoms with Crippen molar-refractivity contribution in [2.45, 2.75) is 6.42 Å². The lowest BCUT2D eigenvalue weighted by Crippen LogP contribution is -1.95. The van der Waals surface area contributed by atoms with E-state index in [1.807, 2.05) is 0 Å². The normalized spacial score (nSPS) is 11.5. The third-order valence-corrected chi connectivity index (χ3v) is 10.8. The SMILES string of the molecule is c1ccc2c(-c3cc(Cc4cc(-c5cccc6ccccc56)cc(-c5cccc6ccccc56)c4)cc(-c4cccc5ccccc45)c3)cccc2c1. The average Bonchev–Trinajstić information content (AvgIpc) is 3.22. The first-order valence-corrected chi connectivity index (χ1v) is 18.5. The van der Waals surface area contributed by atoms with Crippen LogP contribution < -0.4 is 0 Å². The van der Waals surface area contributed by atoms with Crippen LogP contribution in [0.4, 0.5) is 0 Å². The van der Waals surface area contributed by atoms with Gasteiger partial charge in [0.25, 0.3) is 0 Å². The second kappa shape index (κ2) is 13.1. The van der Waals surface area contributed by atoms with Crippen LogP contribution in [0.1, 0.15) is 11.1 Å². The molecular formula is C53H36. The summed E-state index contributed by atoms with van der Waals surface area (Å²) in [6.45, 7) is 0. The first-order valence-electron chi connectivity index (χ1n) is 18.5. The fraction of sp³-hybridized carbons (Fsp3) is 0.0189. The molecular weight excluding hydrogens is 637 g/mol. The lowest BCUT2D eigenvalue weighted by molar-refractivity contribution is 1.20. The van der Waals surface area contributed by atoms with Gasteiger partial charge in [0, 0.05) is 0 Å². The van der Waals surface area contributed by atoms with Crippen LogP contribution in [0.3, 0.4) is 0 Å². The summed E-state index contributed by atoms with van der Waals surface area (Å²) in [5.74, 6) is 0.